The summed E-state index contributed by atoms with van der Waals surface area (Å²) in [5.41, 5.74) is 1.63. The van der Waals surface area contributed by atoms with Crippen LogP contribution in [0, 0.1) is 5.82 Å². The number of alkyl halides is 3. The van der Waals surface area contributed by atoms with Gasteiger partial charge in [-0.15, -0.1) is 10.2 Å². The zero-order chi connectivity index (χ0) is 26.5. The van der Waals surface area contributed by atoms with E-state index in [1.54, 1.807) is 18.2 Å². The third-order valence-electron chi connectivity index (χ3n) is 6.18. The van der Waals surface area contributed by atoms with E-state index in [9.17, 15) is 21.6 Å². The first-order valence-electron chi connectivity index (χ1n) is 11.1. The molecular weight excluding hydrogens is 520 g/mol. The van der Waals surface area contributed by atoms with Gasteiger partial charge in [0, 0.05) is 6.54 Å². The van der Waals surface area contributed by atoms with Gasteiger partial charge in [-0.2, -0.15) is 9.29 Å². The lowest BCUT2D eigenvalue weighted by molar-refractivity contribution is -0.0541. The molecule has 3 aromatic heterocycles. The first kappa shape index (κ1) is 25.1. The predicted octanol–water partition coefficient (Wildman–Crippen LogP) is 2.34. The van der Waals surface area contributed by atoms with E-state index in [2.05, 4.69) is 25.7 Å². The van der Waals surface area contributed by atoms with Gasteiger partial charge < -0.3 is 10.1 Å². The minimum absolute atomic E-state index is 0.0197. The van der Waals surface area contributed by atoms with Gasteiger partial charge in [0.1, 0.15) is 17.7 Å². The van der Waals surface area contributed by atoms with Gasteiger partial charge in [-0.05, 0) is 24.1 Å². The number of halogens is 4. The van der Waals surface area contributed by atoms with E-state index in [1.807, 2.05) is 0 Å². The summed E-state index contributed by atoms with van der Waals surface area (Å²) in [6.45, 7) is -1.77. The van der Waals surface area contributed by atoms with Crippen molar-refractivity contribution in [2.24, 2.45) is 0 Å². The van der Waals surface area contributed by atoms with Gasteiger partial charge in [0.05, 0.1) is 49.8 Å². The molecule has 1 aromatic carbocycles. The lowest BCUT2D eigenvalue weighted by Gasteiger charge is -2.37. The zero-order valence-electron chi connectivity index (χ0n) is 19.7. The third-order valence-corrected chi connectivity index (χ3v) is 7.43. The Bertz CT molecular complexity index is 1590. The standard InChI is InChI=1S/C21H22F4N8O3S/c1-36-19-18-17(12-3-4-14-15(9-12)32(8-6-22)30-28-14)13(23)10-33(18)29-20(27-19)26-16-5-7-31(37(2,34)35)11-21(16,24)25/h3-4,9-10,16H,5-8,11H2,1-2H3,(H,26,29). The molecule has 1 aliphatic rings. The van der Waals surface area contributed by atoms with Crippen LogP contribution < -0.4 is 10.1 Å². The average molecular weight is 543 g/mol. The smallest absolute Gasteiger partial charge is 0.281 e. The molecule has 1 aliphatic heterocycles. The molecule has 16 heteroatoms. The molecule has 5 rings (SSSR count). The van der Waals surface area contributed by atoms with E-state index >= 15 is 4.39 Å². The number of piperidine rings is 1. The Hall–Kier alpha value is -3.53. The third kappa shape index (κ3) is 4.54. The van der Waals surface area contributed by atoms with Crippen molar-refractivity contribution >= 4 is 32.5 Å². The summed E-state index contributed by atoms with van der Waals surface area (Å²) in [4.78, 5) is 4.17. The monoisotopic (exact) mass is 542 g/mol. The van der Waals surface area contributed by atoms with Crippen LogP contribution in [0.1, 0.15) is 6.42 Å². The van der Waals surface area contributed by atoms with Crippen molar-refractivity contribution in [2.75, 3.05) is 38.4 Å². The molecule has 4 aromatic rings. The Kier molecular flexibility index (Phi) is 6.18. The maximum absolute atomic E-state index is 15.2. The number of hydrogen-bond donors (Lipinski definition) is 1. The number of aryl methyl sites for hydroxylation is 1. The van der Waals surface area contributed by atoms with Crippen molar-refractivity contribution < 1.29 is 30.7 Å². The van der Waals surface area contributed by atoms with Crippen molar-refractivity contribution in [1.29, 1.82) is 0 Å². The summed E-state index contributed by atoms with van der Waals surface area (Å²) in [6, 6.07) is 3.37. The fraction of sp³-hybridized carbons (Fsp3) is 0.429. The van der Waals surface area contributed by atoms with Crippen LogP contribution >= 0.6 is 0 Å². The fourth-order valence-corrected chi connectivity index (χ4v) is 5.23. The van der Waals surface area contributed by atoms with E-state index in [1.165, 1.54) is 11.8 Å². The Morgan fingerprint density at radius 2 is 2.08 bits per heavy atom. The normalized spacial score (nSPS) is 18.5. The zero-order valence-corrected chi connectivity index (χ0v) is 20.5. The Labute approximate surface area is 208 Å². The summed E-state index contributed by atoms with van der Waals surface area (Å²) >= 11 is 0. The second-order valence-electron chi connectivity index (χ2n) is 8.64. The number of methoxy groups -OCH3 is 1. The lowest BCUT2D eigenvalue weighted by atomic mass is 10.0. The molecule has 0 amide bonds. The van der Waals surface area contributed by atoms with Crippen molar-refractivity contribution in [2.45, 2.75) is 24.9 Å². The number of rotatable bonds is 7. The van der Waals surface area contributed by atoms with Crippen molar-refractivity contribution in [3.63, 3.8) is 0 Å². The van der Waals surface area contributed by atoms with Crippen LogP contribution in [0.2, 0.25) is 0 Å². The number of hydrogen-bond acceptors (Lipinski definition) is 8. The van der Waals surface area contributed by atoms with Gasteiger partial charge in [0.25, 0.3) is 5.92 Å². The van der Waals surface area contributed by atoms with Gasteiger partial charge in [0.2, 0.25) is 21.9 Å². The Morgan fingerprint density at radius 1 is 1.30 bits per heavy atom. The van der Waals surface area contributed by atoms with Crippen molar-refractivity contribution in [3.05, 3.63) is 30.2 Å². The SMILES string of the molecule is COc1nc(NC2CCN(S(C)(=O)=O)CC2(F)F)nn2cc(F)c(-c3ccc4nnn(CCF)c4c3)c12. The van der Waals surface area contributed by atoms with Crippen molar-refractivity contribution in [1.82, 2.24) is 33.9 Å². The highest BCUT2D eigenvalue weighted by Gasteiger charge is 2.47. The van der Waals surface area contributed by atoms with Gasteiger partial charge in [-0.25, -0.2) is 35.2 Å². The molecule has 0 bridgehead atoms. The van der Waals surface area contributed by atoms with Crippen LogP contribution in [0.15, 0.2) is 24.4 Å². The molecule has 0 spiro atoms. The van der Waals surface area contributed by atoms with Gasteiger partial charge in [-0.1, -0.05) is 11.3 Å². The number of ether oxygens (including phenoxy) is 1. The van der Waals surface area contributed by atoms with Crippen LogP contribution in [0.4, 0.5) is 23.5 Å². The summed E-state index contributed by atoms with van der Waals surface area (Å²) in [7, 11) is -2.48. The van der Waals surface area contributed by atoms with E-state index in [0.29, 0.717) is 16.6 Å². The minimum Gasteiger partial charge on any atom is -0.479 e. The van der Waals surface area contributed by atoms with Crippen molar-refractivity contribution in [3.8, 4) is 17.0 Å². The minimum atomic E-state index is -3.78. The molecule has 11 nitrogen and oxygen atoms in total. The topological polar surface area (TPSA) is 120 Å². The Morgan fingerprint density at radius 3 is 2.76 bits per heavy atom. The number of benzene rings is 1. The van der Waals surface area contributed by atoms with E-state index in [4.69, 9.17) is 4.74 Å². The van der Waals surface area contributed by atoms with Crippen LogP contribution in [-0.4, -0.2) is 87.4 Å². The molecule has 1 fully saturated rings. The molecule has 1 N–H and O–H groups in total. The van der Waals surface area contributed by atoms with Gasteiger partial charge in [0.15, 0.2) is 5.82 Å². The van der Waals surface area contributed by atoms with Gasteiger partial charge in [-0.3, -0.25) is 0 Å². The number of fused-ring (bicyclic) bond motifs is 2. The second-order valence-corrected chi connectivity index (χ2v) is 10.6. The number of sulfonamides is 1. The van der Waals surface area contributed by atoms with E-state index in [0.717, 1.165) is 21.3 Å². The predicted molar refractivity (Wildman–Crippen MR) is 125 cm³/mol. The maximum atomic E-state index is 15.2. The van der Waals surface area contributed by atoms with Crippen LogP contribution in [0.3, 0.4) is 0 Å². The molecule has 4 heterocycles. The first-order chi connectivity index (χ1) is 17.5. The van der Waals surface area contributed by atoms with Crippen LogP contribution in [0.5, 0.6) is 5.88 Å². The summed E-state index contributed by atoms with van der Waals surface area (Å²) in [5, 5.41) is 14.6. The van der Waals surface area contributed by atoms with Gasteiger partial charge >= 0.3 is 0 Å². The number of anilines is 1. The molecule has 0 aliphatic carbocycles. The number of aromatic nitrogens is 6. The summed E-state index contributed by atoms with van der Waals surface area (Å²) in [6.07, 6.45) is 1.74. The number of nitrogens with one attached hydrogen (secondary N) is 1. The molecule has 1 atom stereocenters. The molecule has 1 unspecified atom stereocenters. The highest BCUT2D eigenvalue weighted by atomic mass is 32.2. The van der Waals surface area contributed by atoms with E-state index < -0.39 is 41.0 Å². The highest BCUT2D eigenvalue weighted by molar-refractivity contribution is 7.88. The largest absolute Gasteiger partial charge is 0.479 e. The fourth-order valence-electron chi connectivity index (χ4n) is 4.39. The second kappa shape index (κ2) is 9.09. The molecule has 1 saturated heterocycles. The molecule has 0 saturated carbocycles. The Balaban J connectivity index is 1.52. The molecule has 37 heavy (non-hydrogen) atoms. The molecule has 0 radical (unpaired) electrons. The highest BCUT2D eigenvalue weighted by Crippen LogP contribution is 2.36. The number of nitrogens with zero attached hydrogens (tertiary/aromatic N) is 7. The maximum Gasteiger partial charge on any atom is 0.281 e. The van der Waals surface area contributed by atoms with Crippen LogP contribution in [-0.2, 0) is 16.6 Å². The summed E-state index contributed by atoms with van der Waals surface area (Å²) in [5.74, 6) is -4.42. The molecule has 198 valence electrons. The quantitative estimate of drug-likeness (QED) is 0.354. The average Bonchev–Trinajstić information content (AvgIpc) is 3.38. The van der Waals surface area contributed by atoms with Crippen LogP contribution in [0.25, 0.3) is 27.7 Å². The summed E-state index contributed by atoms with van der Waals surface area (Å²) < 4.78 is 89.5. The lowest BCUT2D eigenvalue weighted by Crippen LogP contribution is -2.55. The first-order valence-corrected chi connectivity index (χ1v) is 13.0. The van der Waals surface area contributed by atoms with E-state index in [-0.39, 0.29) is 42.4 Å². The molecular formula is C21H22F4N8O3S.